The summed E-state index contributed by atoms with van der Waals surface area (Å²) in [5, 5.41) is 0.766. The Labute approximate surface area is 241 Å². The molecule has 4 aromatic rings. The van der Waals surface area contributed by atoms with Crippen molar-refractivity contribution in [2.75, 3.05) is 24.9 Å². The van der Waals surface area contributed by atoms with Crippen LogP contribution in [0.25, 0.3) is 27.6 Å². The summed E-state index contributed by atoms with van der Waals surface area (Å²) in [5.41, 5.74) is 3.70. The number of nitrogens with zero attached hydrogens (tertiary/aromatic N) is 4. The molecule has 3 heterocycles. The predicted molar refractivity (Wildman–Crippen MR) is 156 cm³/mol. The number of carbonyl (C=O) groups is 2. The first-order valence-electron chi connectivity index (χ1n) is 12.9. The number of benzene rings is 2. The van der Waals surface area contributed by atoms with Gasteiger partial charge in [0.15, 0.2) is 5.78 Å². The number of anilines is 1. The number of fused-ring (bicyclic) bond motifs is 1. The van der Waals surface area contributed by atoms with E-state index in [4.69, 9.17) is 4.74 Å². The lowest BCUT2D eigenvalue weighted by molar-refractivity contribution is -0.126. The molecule has 0 unspecified atom stereocenters. The number of allylic oxidation sites excluding steroid dienone is 1. The lowest BCUT2D eigenvalue weighted by atomic mass is 9.98. The Kier molecular flexibility index (Phi) is 8.07. The Hall–Kier alpha value is -4.97. The zero-order chi connectivity index (χ0) is 29.9. The molecule has 10 nitrogen and oxygen atoms in total. The monoisotopic (exact) mass is 587 g/mol. The second kappa shape index (κ2) is 11.9. The molecule has 42 heavy (non-hydrogen) atoms. The minimum atomic E-state index is -4.27. The molecule has 1 aliphatic rings. The third-order valence-corrected chi connectivity index (χ3v) is 8.07. The molecule has 0 spiro atoms. The number of aromatic nitrogens is 3. The van der Waals surface area contributed by atoms with Gasteiger partial charge in [-0.3, -0.25) is 14.3 Å². The summed E-state index contributed by atoms with van der Waals surface area (Å²) >= 11 is 0. The van der Waals surface area contributed by atoms with Crippen LogP contribution < -0.4 is 9.46 Å². The molecule has 214 valence electrons. The van der Waals surface area contributed by atoms with Gasteiger partial charge in [-0.25, -0.2) is 27.8 Å². The summed E-state index contributed by atoms with van der Waals surface area (Å²) in [5.74, 6) is -1.29. The van der Waals surface area contributed by atoms with Crippen LogP contribution in [-0.2, 0) is 19.6 Å². The fourth-order valence-corrected chi connectivity index (χ4v) is 5.71. The summed E-state index contributed by atoms with van der Waals surface area (Å²) in [6, 6.07) is 12.2. The van der Waals surface area contributed by atoms with Crippen LogP contribution in [0.2, 0.25) is 0 Å². The molecule has 0 bridgehead atoms. The van der Waals surface area contributed by atoms with Gasteiger partial charge in [-0.2, -0.15) is 0 Å². The van der Waals surface area contributed by atoms with Crippen LogP contribution in [-0.4, -0.2) is 60.2 Å². The average molecular weight is 588 g/mol. The van der Waals surface area contributed by atoms with Crippen molar-refractivity contribution < 1.29 is 27.1 Å². The smallest absolute Gasteiger partial charge is 0.264 e. The Morgan fingerprint density at radius 1 is 1.05 bits per heavy atom. The van der Waals surface area contributed by atoms with E-state index >= 15 is 0 Å². The predicted octanol–water partition coefficient (Wildman–Crippen LogP) is 4.40. The van der Waals surface area contributed by atoms with Gasteiger partial charge in [0.05, 0.1) is 18.3 Å². The number of nitrogens with one attached hydrogen (secondary N) is 1. The lowest BCUT2D eigenvalue weighted by Gasteiger charge is -2.25. The van der Waals surface area contributed by atoms with E-state index in [1.54, 1.807) is 17.2 Å². The Balaban J connectivity index is 1.47. The largest absolute Gasteiger partial charge is 0.480 e. The second-order valence-corrected chi connectivity index (χ2v) is 11.1. The van der Waals surface area contributed by atoms with Gasteiger partial charge in [-0.05, 0) is 60.9 Å². The molecule has 0 radical (unpaired) electrons. The minimum absolute atomic E-state index is 0.0214. The van der Waals surface area contributed by atoms with Crippen LogP contribution in [0.3, 0.4) is 0 Å². The molecule has 2 aromatic heterocycles. The first kappa shape index (κ1) is 28.6. The number of hydrogen-bond donors (Lipinski definition) is 1. The second-order valence-electron chi connectivity index (χ2n) is 9.48. The number of sulfonamides is 1. The molecule has 0 fully saturated rings. The summed E-state index contributed by atoms with van der Waals surface area (Å²) in [4.78, 5) is 37.9. The van der Waals surface area contributed by atoms with Crippen molar-refractivity contribution in [2.24, 2.45) is 0 Å². The summed E-state index contributed by atoms with van der Waals surface area (Å²) in [6.07, 6.45) is 8.05. The van der Waals surface area contributed by atoms with E-state index < -0.39 is 20.7 Å². The van der Waals surface area contributed by atoms with Crippen LogP contribution in [0, 0.1) is 5.82 Å². The van der Waals surface area contributed by atoms with E-state index in [1.165, 1.54) is 50.7 Å². The molecule has 5 rings (SSSR count). The maximum atomic E-state index is 14.3. The Bertz CT molecular complexity index is 1870. The Morgan fingerprint density at radius 2 is 1.86 bits per heavy atom. The third kappa shape index (κ3) is 6.03. The molecular weight excluding hydrogens is 561 g/mol. The number of halogens is 1. The zero-order valence-corrected chi connectivity index (χ0v) is 23.6. The lowest BCUT2D eigenvalue weighted by Crippen LogP contribution is -2.33. The van der Waals surface area contributed by atoms with E-state index in [1.807, 2.05) is 24.3 Å². The van der Waals surface area contributed by atoms with Crippen LogP contribution >= 0.6 is 0 Å². The summed E-state index contributed by atoms with van der Waals surface area (Å²) in [7, 11) is -2.92. The van der Waals surface area contributed by atoms with Gasteiger partial charge in [-0.15, -0.1) is 0 Å². The molecule has 0 atom stereocenters. The van der Waals surface area contributed by atoms with Crippen LogP contribution in [0.4, 0.5) is 10.1 Å². The summed E-state index contributed by atoms with van der Waals surface area (Å²) in [6.45, 7) is 2.22. The molecule has 1 amide bonds. The van der Waals surface area contributed by atoms with Crippen LogP contribution in [0.5, 0.6) is 5.88 Å². The van der Waals surface area contributed by atoms with E-state index in [-0.39, 0.29) is 23.3 Å². The number of ketones is 1. The van der Waals surface area contributed by atoms with Crippen LogP contribution in [0.15, 0.2) is 84.2 Å². The highest BCUT2D eigenvalue weighted by atomic mass is 32.2. The van der Waals surface area contributed by atoms with Crippen molar-refractivity contribution in [1.82, 2.24) is 19.9 Å². The highest BCUT2D eigenvalue weighted by Gasteiger charge is 2.22. The van der Waals surface area contributed by atoms with Gasteiger partial charge in [0, 0.05) is 36.3 Å². The van der Waals surface area contributed by atoms with Crippen molar-refractivity contribution >= 4 is 43.9 Å². The van der Waals surface area contributed by atoms with Gasteiger partial charge in [-0.1, -0.05) is 24.3 Å². The number of methoxy groups -OCH3 is 1. The number of rotatable bonds is 8. The number of hydrogen-bond acceptors (Lipinski definition) is 8. The minimum Gasteiger partial charge on any atom is -0.480 e. The number of amides is 1. The molecular formula is C30H26FN5O5S. The van der Waals surface area contributed by atoms with Gasteiger partial charge in [0.25, 0.3) is 10.0 Å². The van der Waals surface area contributed by atoms with Gasteiger partial charge < -0.3 is 9.64 Å². The third-order valence-electron chi connectivity index (χ3n) is 6.67. The number of carbonyl (C=O) groups excluding carboxylic acids is 2. The van der Waals surface area contributed by atoms with Crippen molar-refractivity contribution in [2.45, 2.75) is 18.2 Å². The van der Waals surface area contributed by atoms with Gasteiger partial charge in [0.2, 0.25) is 11.8 Å². The maximum Gasteiger partial charge on any atom is 0.264 e. The molecule has 2 aromatic carbocycles. The highest BCUT2D eigenvalue weighted by Crippen LogP contribution is 2.34. The molecule has 12 heteroatoms. The zero-order valence-electron chi connectivity index (χ0n) is 22.7. The van der Waals surface area contributed by atoms with E-state index in [9.17, 15) is 22.4 Å². The topological polar surface area (TPSA) is 131 Å². The van der Waals surface area contributed by atoms with Crippen LogP contribution in [0.1, 0.15) is 19.0 Å². The fraction of sp³-hybridized carbons (Fsp3) is 0.167. The van der Waals surface area contributed by atoms with Crippen molar-refractivity contribution in [3.63, 3.8) is 0 Å². The van der Waals surface area contributed by atoms with Gasteiger partial charge >= 0.3 is 0 Å². The molecule has 0 aliphatic carbocycles. The standard InChI is InChI=1S/C30H26FN5O5S/c1-19(37)7-10-28(38)36-13-11-20(12-14-36)29-23-15-21(8-9-25(23)33-18-34-29)22-16-26(30(41-2)32-17-22)35-42(39,40)27-6-4-3-5-24(27)31/h3-11,15-18,35H,12-14H2,1-2H3/b10-7+. The number of pyridine rings is 1. The van der Waals surface area contributed by atoms with E-state index in [0.717, 1.165) is 22.7 Å². The number of ether oxygens (including phenoxy) is 1. The van der Waals surface area contributed by atoms with Crippen molar-refractivity contribution in [3.8, 4) is 17.0 Å². The maximum absolute atomic E-state index is 14.3. The molecule has 1 aliphatic heterocycles. The Morgan fingerprint density at radius 3 is 2.57 bits per heavy atom. The van der Waals surface area contributed by atoms with Gasteiger partial charge in [0.1, 0.15) is 22.7 Å². The fourth-order valence-electron chi connectivity index (χ4n) is 4.58. The van der Waals surface area contributed by atoms with Crippen molar-refractivity contribution in [3.05, 3.63) is 90.8 Å². The quantitative estimate of drug-likeness (QED) is 0.300. The SMILES string of the molecule is COc1ncc(-c2ccc3ncnc(C4=CCN(C(=O)/C=C/C(C)=O)CC4)c3c2)cc1NS(=O)(=O)c1ccccc1F. The average Bonchev–Trinajstić information content (AvgIpc) is 2.99. The molecule has 0 saturated heterocycles. The van der Waals surface area contributed by atoms with Crippen molar-refractivity contribution in [1.29, 1.82) is 0 Å². The van der Waals surface area contributed by atoms with E-state index in [0.29, 0.717) is 36.2 Å². The first-order chi connectivity index (χ1) is 20.2. The normalized spacial score (nSPS) is 13.7. The highest BCUT2D eigenvalue weighted by molar-refractivity contribution is 7.92. The molecule has 0 saturated carbocycles. The van der Waals surface area contributed by atoms with E-state index in [2.05, 4.69) is 19.7 Å². The summed E-state index contributed by atoms with van der Waals surface area (Å²) < 4.78 is 47.8. The molecule has 1 N–H and O–H groups in total. The first-order valence-corrected chi connectivity index (χ1v) is 14.4.